The molecule has 6 aromatic rings. The molecular formula is C63H63N5O9. The molecule has 4 N–H and O–H groups in total. The number of hydrogen-bond acceptors (Lipinski definition) is 11. The molecule has 5 aliphatic rings. The van der Waals surface area contributed by atoms with Crippen LogP contribution in [0.25, 0.3) is 0 Å². The fourth-order valence-electron chi connectivity index (χ4n) is 12.4. The minimum atomic E-state index is -2.06. The Morgan fingerprint density at radius 1 is 0.766 bits per heavy atom. The van der Waals surface area contributed by atoms with Crippen molar-refractivity contribution in [3.63, 3.8) is 0 Å². The lowest BCUT2D eigenvalue weighted by Gasteiger charge is -2.46. The monoisotopic (exact) mass is 1030 g/mol. The number of cyclic esters (lactones) is 1. The van der Waals surface area contributed by atoms with Gasteiger partial charge in [-0.15, -0.1) is 0 Å². The molecule has 394 valence electrons. The number of hydrogen-bond donors (Lipinski definition) is 4. The van der Waals surface area contributed by atoms with Crippen LogP contribution in [-0.4, -0.2) is 90.1 Å². The van der Waals surface area contributed by atoms with Crippen molar-refractivity contribution < 1.29 is 43.6 Å². The minimum absolute atomic E-state index is 0.0353. The molecule has 0 bridgehead atoms. The molecule has 1 aliphatic carbocycles. The van der Waals surface area contributed by atoms with Gasteiger partial charge >= 0.3 is 12.0 Å². The van der Waals surface area contributed by atoms with Crippen LogP contribution in [0.1, 0.15) is 103 Å². The number of anilines is 3. The fraction of sp³-hybridized carbons (Fsp3) is 0.333. The SMILES string of the molecule is C[C@@H](NC(=O)N1C(=O)[C@@]2(c3cc(C#CC4(O)CCCCCC4)ccc31)[C@H](C(=O)Nc1ccc(N3CCOCC3)cc1)[C@H]1C(=O)O[C@H](c3ccccc3)[C@H](c3ccccc3)N1[C@@H]2c1ccc(OCCO)cc1)c1ccccc1. The van der Waals surface area contributed by atoms with E-state index in [-0.39, 0.29) is 18.9 Å². The van der Waals surface area contributed by atoms with Gasteiger partial charge in [0.1, 0.15) is 35.5 Å². The van der Waals surface area contributed by atoms with E-state index in [0.29, 0.717) is 72.8 Å². The first-order valence-electron chi connectivity index (χ1n) is 26.8. The average Bonchev–Trinajstić information content (AvgIpc) is 3.52. The molecule has 4 amide bonds. The number of morpholine rings is 2. The van der Waals surface area contributed by atoms with Crippen molar-refractivity contribution in [1.29, 1.82) is 0 Å². The highest BCUT2D eigenvalue weighted by molar-refractivity contribution is 6.25. The Morgan fingerprint density at radius 2 is 1.42 bits per heavy atom. The number of fused-ring (bicyclic) bond motifs is 3. The number of ether oxygens (including phenoxy) is 3. The van der Waals surface area contributed by atoms with Crippen LogP contribution < -0.4 is 25.2 Å². The Bertz CT molecular complexity index is 3150. The lowest BCUT2D eigenvalue weighted by atomic mass is 9.65. The van der Waals surface area contributed by atoms with Crippen LogP contribution in [0.3, 0.4) is 0 Å². The van der Waals surface area contributed by atoms with Gasteiger partial charge in [0.2, 0.25) is 11.8 Å². The Morgan fingerprint density at radius 3 is 2.08 bits per heavy atom. The molecule has 4 aliphatic heterocycles. The number of carbonyl (C=O) groups excluding carboxylic acids is 4. The van der Waals surface area contributed by atoms with Gasteiger partial charge in [0.25, 0.3) is 0 Å². The van der Waals surface area contributed by atoms with Crippen LogP contribution in [0.2, 0.25) is 0 Å². The van der Waals surface area contributed by atoms with Gasteiger partial charge in [0.05, 0.1) is 49.6 Å². The second-order valence-electron chi connectivity index (χ2n) is 20.7. The van der Waals surface area contributed by atoms with Gasteiger partial charge in [0, 0.05) is 30.0 Å². The van der Waals surface area contributed by atoms with Crippen molar-refractivity contribution in [3.05, 3.63) is 191 Å². The van der Waals surface area contributed by atoms with Crippen LogP contribution in [0.5, 0.6) is 5.75 Å². The first-order valence-corrected chi connectivity index (χ1v) is 26.8. The lowest BCUT2D eigenvalue weighted by Crippen LogP contribution is -2.55. The second kappa shape index (κ2) is 22.0. The number of imide groups is 1. The zero-order valence-corrected chi connectivity index (χ0v) is 43.1. The highest BCUT2D eigenvalue weighted by atomic mass is 16.6. The van der Waals surface area contributed by atoms with Gasteiger partial charge in [-0.3, -0.25) is 19.3 Å². The molecule has 3 saturated heterocycles. The third kappa shape index (κ3) is 9.85. The predicted octanol–water partition coefficient (Wildman–Crippen LogP) is 9.11. The van der Waals surface area contributed by atoms with E-state index in [4.69, 9.17) is 14.2 Å². The first kappa shape index (κ1) is 51.3. The molecule has 6 aromatic carbocycles. The van der Waals surface area contributed by atoms with E-state index in [1.807, 2.05) is 139 Å². The zero-order valence-electron chi connectivity index (χ0n) is 43.1. The maximum atomic E-state index is 16.9. The van der Waals surface area contributed by atoms with Crippen molar-refractivity contribution >= 4 is 40.9 Å². The number of rotatable bonds is 11. The third-order valence-corrected chi connectivity index (χ3v) is 16.0. The molecule has 1 saturated carbocycles. The summed E-state index contributed by atoms with van der Waals surface area (Å²) in [6.45, 7) is 4.26. The number of aliphatic hydroxyl groups is 2. The summed E-state index contributed by atoms with van der Waals surface area (Å²) in [5.41, 5.74) is 1.87. The summed E-state index contributed by atoms with van der Waals surface area (Å²) in [5, 5.41) is 27.8. The Hall–Kier alpha value is -7.80. The van der Waals surface area contributed by atoms with Gasteiger partial charge in [-0.25, -0.2) is 9.69 Å². The fourth-order valence-corrected chi connectivity index (χ4v) is 12.4. The maximum Gasteiger partial charge on any atom is 0.329 e. The van der Waals surface area contributed by atoms with Crippen LogP contribution >= 0.6 is 0 Å². The van der Waals surface area contributed by atoms with Crippen molar-refractivity contribution in [1.82, 2.24) is 10.2 Å². The number of benzene rings is 6. The molecular weight excluding hydrogens is 971 g/mol. The summed E-state index contributed by atoms with van der Waals surface area (Å²) in [6.07, 6.45) is 3.76. The lowest BCUT2D eigenvalue weighted by molar-refractivity contribution is -0.177. The van der Waals surface area contributed by atoms with Crippen LogP contribution in [0, 0.1) is 17.8 Å². The normalized spacial score (nSPS) is 24.1. The molecule has 1 spiro atoms. The van der Waals surface area contributed by atoms with Crippen molar-refractivity contribution in [2.24, 2.45) is 5.92 Å². The topological polar surface area (TPSA) is 170 Å². The Balaban J connectivity index is 1.16. The summed E-state index contributed by atoms with van der Waals surface area (Å²) < 4.78 is 18.2. The van der Waals surface area contributed by atoms with E-state index in [0.717, 1.165) is 47.4 Å². The highest BCUT2D eigenvalue weighted by Crippen LogP contribution is 2.66. The predicted molar refractivity (Wildman–Crippen MR) is 292 cm³/mol. The first-order chi connectivity index (χ1) is 37.6. The molecule has 14 heteroatoms. The molecule has 0 unspecified atom stereocenters. The largest absolute Gasteiger partial charge is 0.491 e. The van der Waals surface area contributed by atoms with E-state index in [9.17, 15) is 10.2 Å². The highest BCUT2D eigenvalue weighted by Gasteiger charge is 2.75. The van der Waals surface area contributed by atoms with Crippen LogP contribution in [0.4, 0.5) is 21.9 Å². The Labute approximate surface area is 448 Å². The summed E-state index contributed by atoms with van der Waals surface area (Å²) in [6, 6.07) is 43.6. The average molecular weight is 1030 g/mol. The minimum Gasteiger partial charge on any atom is -0.491 e. The van der Waals surface area contributed by atoms with Crippen LogP contribution in [0.15, 0.2) is 158 Å². The second-order valence-corrected chi connectivity index (χ2v) is 20.7. The zero-order chi connectivity index (χ0) is 53.1. The van der Waals surface area contributed by atoms with Crippen LogP contribution in [-0.2, 0) is 29.3 Å². The van der Waals surface area contributed by atoms with Gasteiger partial charge in [-0.2, -0.15) is 0 Å². The number of esters is 1. The van der Waals surface area contributed by atoms with E-state index in [1.54, 1.807) is 30.3 Å². The molecule has 7 atom stereocenters. The maximum absolute atomic E-state index is 16.9. The molecule has 0 aromatic heterocycles. The van der Waals surface area contributed by atoms with Gasteiger partial charge in [-0.05, 0) is 115 Å². The number of nitrogens with zero attached hydrogens (tertiary/aromatic N) is 3. The summed E-state index contributed by atoms with van der Waals surface area (Å²) in [7, 11) is 0. The van der Waals surface area contributed by atoms with Crippen molar-refractivity contribution in [2.45, 2.75) is 86.7 Å². The van der Waals surface area contributed by atoms with E-state index in [2.05, 4.69) is 27.4 Å². The number of nitrogens with one attached hydrogen (secondary N) is 2. The number of carbonyl (C=O) groups is 4. The summed E-state index contributed by atoms with van der Waals surface area (Å²) in [5.74, 6) is 3.28. The quantitative estimate of drug-likeness (QED) is 0.0555. The van der Waals surface area contributed by atoms with Crippen molar-refractivity contribution in [3.8, 4) is 17.6 Å². The van der Waals surface area contributed by atoms with Gasteiger partial charge < -0.3 is 40.0 Å². The third-order valence-electron chi connectivity index (χ3n) is 16.0. The molecule has 4 heterocycles. The van der Waals surface area contributed by atoms with E-state index < -0.39 is 71.0 Å². The molecule has 0 radical (unpaired) electrons. The Kier molecular flexibility index (Phi) is 14.7. The van der Waals surface area contributed by atoms with Gasteiger partial charge in [0.15, 0.2) is 0 Å². The summed E-state index contributed by atoms with van der Waals surface area (Å²) in [4.78, 5) is 69.5. The van der Waals surface area contributed by atoms with E-state index >= 15 is 19.2 Å². The standard InChI is InChI=1S/C63H63N5O9/c1-42(44-15-7-4-8-16-44)64-61(73)67-52-30-21-43(31-34-62(74)32-13-2-3-14-33-62)41-51(52)63(60(67)72)53(58(70)65-48-24-26-49(27-25-48)66-35-38-75-39-36-66)55-59(71)77-56(46-19-11-6-12-20-46)54(45-17-9-5-10-18-45)68(55)57(63)47-22-28-50(29-23-47)76-40-37-69/h4-12,15-30,41-42,53-57,69,74H,2-3,13-14,32-33,35-40H2,1H3,(H,64,73)(H,65,70)/t42-,53+,54+,55+,56-,57-,63+/m1/s1. The van der Waals surface area contributed by atoms with Gasteiger partial charge in [-0.1, -0.05) is 128 Å². The number of urea groups is 1. The molecule has 14 nitrogen and oxygen atoms in total. The number of aliphatic hydroxyl groups excluding tert-OH is 1. The van der Waals surface area contributed by atoms with E-state index in [1.165, 1.54) is 0 Å². The number of amides is 4. The summed E-state index contributed by atoms with van der Waals surface area (Å²) >= 11 is 0. The molecule has 11 rings (SSSR count). The van der Waals surface area contributed by atoms with Crippen molar-refractivity contribution in [2.75, 3.05) is 54.6 Å². The smallest absolute Gasteiger partial charge is 0.329 e. The molecule has 4 fully saturated rings. The molecule has 77 heavy (non-hydrogen) atoms.